The van der Waals surface area contributed by atoms with Crippen molar-refractivity contribution in [3.63, 3.8) is 0 Å². The summed E-state index contributed by atoms with van der Waals surface area (Å²) in [6, 6.07) is 2.88. The second-order valence-corrected chi connectivity index (χ2v) is 8.67. The Hall–Kier alpha value is -3.99. The van der Waals surface area contributed by atoms with E-state index in [0.29, 0.717) is 69.1 Å². The number of allylic oxidation sites excluding steroid dienone is 1. The van der Waals surface area contributed by atoms with Crippen molar-refractivity contribution < 1.29 is 33.5 Å². The molecular weight excluding hydrogens is 473 g/mol. The van der Waals surface area contributed by atoms with Gasteiger partial charge in [0.2, 0.25) is 5.43 Å². The lowest BCUT2D eigenvalue weighted by Gasteiger charge is -2.36. The highest BCUT2D eigenvalue weighted by Gasteiger charge is 2.28. The minimum atomic E-state index is -1.32. The molecule has 1 saturated carbocycles. The molecule has 4 rings (SSSR count). The van der Waals surface area contributed by atoms with Crippen molar-refractivity contribution in [3.05, 3.63) is 52.1 Å². The largest absolute Gasteiger partial charge is 0.477 e. The summed E-state index contributed by atoms with van der Waals surface area (Å²) < 4.78 is 16.7. The Bertz CT molecular complexity index is 1240. The van der Waals surface area contributed by atoms with Crippen molar-refractivity contribution in [1.29, 1.82) is 0 Å². The molecule has 2 aromatic rings. The molecule has 0 bridgehead atoms. The molecule has 1 aliphatic heterocycles. The van der Waals surface area contributed by atoms with E-state index in [1.165, 1.54) is 6.20 Å². The van der Waals surface area contributed by atoms with Crippen molar-refractivity contribution in [2.24, 2.45) is 5.92 Å². The number of carbonyl (C=O) groups excluding carboxylic acids is 4. The van der Waals surface area contributed by atoms with Gasteiger partial charge in [-0.2, -0.15) is 0 Å². The Labute approximate surface area is 205 Å². The third-order valence-electron chi connectivity index (χ3n) is 6.11. The summed E-state index contributed by atoms with van der Waals surface area (Å²) in [4.78, 5) is 68.4. The molecule has 10 nitrogen and oxygen atoms in total. The number of carbonyl (C=O) groups is 5. The maximum absolute atomic E-state index is 14.9. The number of aromatic nitrogens is 1. The Morgan fingerprint density at radius 1 is 1.08 bits per heavy atom. The summed E-state index contributed by atoms with van der Waals surface area (Å²) in [5, 5.41) is 9.41. The maximum Gasteiger partial charge on any atom is 0.341 e. The van der Waals surface area contributed by atoms with Gasteiger partial charge < -0.3 is 24.2 Å². The quantitative estimate of drug-likeness (QED) is 0.234. The van der Waals surface area contributed by atoms with E-state index >= 15 is 0 Å². The molecule has 0 spiro atoms. The molecule has 1 aromatic carbocycles. The Morgan fingerprint density at radius 2 is 1.69 bits per heavy atom. The molecule has 0 radical (unpaired) electrons. The SMILES string of the molecule is C=C(C=O)C=O.O=CC(C=O)CN1CCN(c2cc3c(cc2F)c(=O)c(C(=O)O)cn3C2CC2)CC1. The fourth-order valence-corrected chi connectivity index (χ4v) is 4.02. The van der Waals surface area contributed by atoms with E-state index in [-0.39, 0.29) is 22.6 Å². The highest BCUT2D eigenvalue weighted by Crippen LogP contribution is 2.38. The predicted molar refractivity (Wildman–Crippen MR) is 129 cm³/mol. The Kier molecular flexibility index (Phi) is 8.59. The van der Waals surface area contributed by atoms with Gasteiger partial charge in [-0.05, 0) is 25.0 Å². The molecule has 1 N–H and O–H groups in total. The zero-order valence-corrected chi connectivity index (χ0v) is 19.5. The summed E-state index contributed by atoms with van der Waals surface area (Å²) >= 11 is 0. The first kappa shape index (κ1) is 26.6. The Morgan fingerprint density at radius 3 is 2.17 bits per heavy atom. The molecule has 36 heavy (non-hydrogen) atoms. The van der Waals surface area contributed by atoms with Crippen LogP contribution in [0.4, 0.5) is 10.1 Å². The molecule has 2 heterocycles. The van der Waals surface area contributed by atoms with E-state index in [9.17, 15) is 38.3 Å². The Balaban J connectivity index is 0.000000538. The van der Waals surface area contributed by atoms with Crippen molar-refractivity contribution in [3.8, 4) is 0 Å². The molecule has 1 saturated heterocycles. The van der Waals surface area contributed by atoms with Crippen LogP contribution < -0.4 is 10.3 Å². The van der Waals surface area contributed by atoms with Crippen LogP contribution in [-0.4, -0.2) is 78.4 Å². The molecule has 11 heteroatoms. The number of carboxylic acid groups (broad SMARTS) is 1. The maximum atomic E-state index is 14.9. The first-order valence-corrected chi connectivity index (χ1v) is 11.3. The molecular formula is C25H26FN3O7. The highest BCUT2D eigenvalue weighted by atomic mass is 19.1. The summed E-state index contributed by atoms with van der Waals surface area (Å²) in [5.74, 6) is -2.55. The standard InChI is InChI=1S/C21H22FN3O5.C4H4O2/c22-17-7-15-18(25(14-1-2-14)10-16(20(15)28)21(29)30)8-19(17)24-5-3-23(4-6-24)9-13(11-26)12-27;1-4(2-5)3-6/h7-8,10-14H,1-6,9H2,(H,29,30);2-3H,1H2. The first-order chi connectivity index (χ1) is 17.2. The monoisotopic (exact) mass is 499 g/mol. The number of piperazine rings is 1. The zero-order valence-electron chi connectivity index (χ0n) is 19.5. The van der Waals surface area contributed by atoms with E-state index in [0.717, 1.165) is 18.9 Å². The molecule has 1 aromatic heterocycles. The number of rotatable bonds is 9. The molecule has 190 valence electrons. The van der Waals surface area contributed by atoms with Gasteiger partial charge in [0.05, 0.1) is 17.1 Å². The van der Waals surface area contributed by atoms with Gasteiger partial charge in [0.1, 0.15) is 24.0 Å². The topological polar surface area (TPSA) is 134 Å². The zero-order chi connectivity index (χ0) is 26.4. The second kappa shape index (κ2) is 11.6. The third kappa shape index (κ3) is 5.98. The van der Waals surface area contributed by atoms with Gasteiger partial charge >= 0.3 is 5.97 Å². The number of fused-ring (bicyclic) bond motifs is 1. The van der Waals surface area contributed by atoms with E-state index in [2.05, 4.69) is 6.58 Å². The molecule has 0 atom stereocenters. The summed E-state index contributed by atoms with van der Waals surface area (Å²) in [6.07, 6.45) is 5.22. The van der Waals surface area contributed by atoms with E-state index < -0.39 is 23.1 Å². The first-order valence-electron chi connectivity index (χ1n) is 11.3. The fraction of sp³-hybridized carbons (Fsp3) is 0.360. The van der Waals surface area contributed by atoms with Crippen molar-refractivity contribution in [1.82, 2.24) is 9.47 Å². The number of hydrogen-bond acceptors (Lipinski definition) is 8. The van der Waals surface area contributed by atoms with Crippen LogP contribution in [0.5, 0.6) is 0 Å². The summed E-state index contributed by atoms with van der Waals surface area (Å²) in [7, 11) is 0. The summed E-state index contributed by atoms with van der Waals surface area (Å²) in [6.45, 7) is 5.56. The molecule has 0 amide bonds. The number of hydrogen-bond donors (Lipinski definition) is 1. The lowest BCUT2D eigenvalue weighted by molar-refractivity contribution is -0.120. The number of aromatic carboxylic acids is 1. The van der Waals surface area contributed by atoms with Gasteiger partial charge in [-0.25, -0.2) is 9.18 Å². The molecule has 2 fully saturated rings. The van der Waals surface area contributed by atoms with Gasteiger partial charge in [-0.15, -0.1) is 0 Å². The van der Waals surface area contributed by atoms with Gasteiger partial charge in [0.15, 0.2) is 12.6 Å². The predicted octanol–water partition coefficient (Wildman–Crippen LogP) is 1.25. The number of nitrogens with zero attached hydrogens (tertiary/aromatic N) is 3. The van der Waals surface area contributed by atoms with Crippen LogP contribution in [0.25, 0.3) is 10.9 Å². The normalized spacial score (nSPS) is 15.7. The van der Waals surface area contributed by atoms with Crippen LogP contribution in [0.1, 0.15) is 29.2 Å². The average molecular weight is 499 g/mol. The smallest absolute Gasteiger partial charge is 0.341 e. The van der Waals surface area contributed by atoms with Crippen LogP contribution in [0, 0.1) is 11.7 Å². The highest BCUT2D eigenvalue weighted by molar-refractivity contribution is 5.98. The van der Waals surface area contributed by atoms with Gasteiger partial charge in [0.25, 0.3) is 0 Å². The minimum Gasteiger partial charge on any atom is -0.477 e. The van der Waals surface area contributed by atoms with Gasteiger partial charge in [-0.1, -0.05) is 6.58 Å². The lowest BCUT2D eigenvalue weighted by atomic mass is 10.1. The van der Waals surface area contributed by atoms with E-state index in [4.69, 9.17) is 0 Å². The minimum absolute atomic E-state index is 0.0185. The number of pyridine rings is 1. The number of anilines is 1. The molecule has 1 aliphatic carbocycles. The van der Waals surface area contributed by atoms with Crippen molar-refractivity contribution in [2.45, 2.75) is 18.9 Å². The third-order valence-corrected chi connectivity index (χ3v) is 6.11. The average Bonchev–Trinajstić information content (AvgIpc) is 3.73. The van der Waals surface area contributed by atoms with Crippen LogP contribution >= 0.6 is 0 Å². The second-order valence-electron chi connectivity index (χ2n) is 8.67. The molecule has 2 aliphatic rings. The number of aldehydes is 4. The van der Waals surface area contributed by atoms with Gasteiger partial charge in [-0.3, -0.25) is 19.3 Å². The van der Waals surface area contributed by atoms with E-state index in [1.54, 1.807) is 10.6 Å². The van der Waals surface area contributed by atoms with E-state index in [1.807, 2.05) is 9.80 Å². The van der Waals surface area contributed by atoms with Crippen LogP contribution in [0.2, 0.25) is 0 Å². The van der Waals surface area contributed by atoms with Crippen LogP contribution in [0.3, 0.4) is 0 Å². The lowest BCUT2D eigenvalue weighted by Crippen LogP contribution is -2.48. The number of benzene rings is 1. The van der Waals surface area contributed by atoms with Crippen LogP contribution in [0.15, 0.2) is 35.3 Å². The van der Waals surface area contributed by atoms with Crippen LogP contribution in [-0.2, 0) is 19.2 Å². The fourth-order valence-electron chi connectivity index (χ4n) is 4.02. The molecule has 0 unspecified atom stereocenters. The van der Waals surface area contributed by atoms with Crippen molar-refractivity contribution >= 4 is 47.7 Å². The number of halogens is 1. The number of carboxylic acids is 1. The van der Waals surface area contributed by atoms with Gasteiger partial charge in [0, 0.05) is 55.9 Å². The van der Waals surface area contributed by atoms with Crippen molar-refractivity contribution in [2.75, 3.05) is 37.6 Å². The summed E-state index contributed by atoms with van der Waals surface area (Å²) in [5.41, 5.74) is -0.154.